The van der Waals surface area contributed by atoms with E-state index in [1.54, 1.807) is 24.3 Å². The van der Waals surface area contributed by atoms with Gasteiger partial charge in [-0.15, -0.1) is 6.42 Å². The molecule has 2 rings (SSSR count). The average Bonchev–Trinajstić information content (AvgIpc) is 2.67. The van der Waals surface area contributed by atoms with E-state index in [-0.39, 0.29) is 18.7 Å². The van der Waals surface area contributed by atoms with E-state index in [1.807, 2.05) is 0 Å². The van der Waals surface area contributed by atoms with Crippen LogP contribution in [0.4, 0.5) is 5.69 Å². The zero-order chi connectivity index (χ0) is 20.5. The third-order valence-corrected chi connectivity index (χ3v) is 4.30. The molecular weight excluding hydrogens is 477 g/mol. The number of benzene rings is 2. The van der Waals surface area contributed by atoms with Gasteiger partial charge in [-0.2, -0.15) is 5.10 Å². The van der Waals surface area contributed by atoms with E-state index in [0.29, 0.717) is 22.6 Å². The second kappa shape index (κ2) is 10.3. The second-order valence-corrected chi connectivity index (χ2v) is 6.54. The summed E-state index contributed by atoms with van der Waals surface area (Å²) in [5.74, 6) is 2.93. The Morgan fingerprint density at radius 3 is 2.86 bits per heavy atom. The molecule has 0 saturated carbocycles. The molecule has 0 radical (unpaired) electrons. The van der Waals surface area contributed by atoms with Crippen LogP contribution in [0.5, 0.6) is 11.5 Å². The molecule has 2 aromatic rings. The molecule has 0 aliphatic heterocycles. The Morgan fingerprint density at radius 1 is 1.43 bits per heavy atom. The predicted molar refractivity (Wildman–Crippen MR) is 113 cm³/mol. The zero-order valence-corrected chi connectivity index (χ0v) is 17.0. The number of para-hydroxylation sites is 1. The molecule has 0 atom stereocenters. The number of carbonyl (C=O) groups excluding carboxylic acids is 1. The van der Waals surface area contributed by atoms with Crippen LogP contribution >= 0.6 is 22.6 Å². The molecule has 0 aliphatic carbocycles. The van der Waals surface area contributed by atoms with Gasteiger partial charge in [0.25, 0.3) is 5.69 Å². The normalized spacial score (nSPS) is 10.3. The van der Waals surface area contributed by atoms with Crippen molar-refractivity contribution in [1.29, 1.82) is 0 Å². The number of rotatable bonds is 8. The number of methoxy groups -OCH3 is 1. The Bertz CT molecular complexity index is 953. The van der Waals surface area contributed by atoms with Gasteiger partial charge in [0.15, 0.2) is 11.5 Å². The summed E-state index contributed by atoms with van der Waals surface area (Å²) in [6.07, 6.45) is 6.48. The largest absolute Gasteiger partial charge is 0.493 e. The molecule has 144 valence electrons. The van der Waals surface area contributed by atoms with Crippen molar-refractivity contribution in [2.24, 2.45) is 5.10 Å². The summed E-state index contributed by atoms with van der Waals surface area (Å²) >= 11 is 2.08. The van der Waals surface area contributed by atoms with Crippen LogP contribution in [0.2, 0.25) is 0 Å². The van der Waals surface area contributed by atoms with Gasteiger partial charge in [-0.1, -0.05) is 24.1 Å². The molecule has 0 bridgehead atoms. The summed E-state index contributed by atoms with van der Waals surface area (Å²) in [7, 11) is 1.50. The first kappa shape index (κ1) is 21.2. The van der Waals surface area contributed by atoms with Gasteiger partial charge in [-0.3, -0.25) is 14.9 Å². The fourth-order valence-corrected chi connectivity index (χ4v) is 3.08. The standard InChI is InChI=1S/C19H16IN3O5/c1-3-8-28-19-15(20)9-13(10-17(19)27-2)12-21-22-18(24)11-14-6-4-5-7-16(14)23(25)26/h1,4-7,9-10,12H,8,11H2,2H3,(H,22,24)/b21-12+. The van der Waals surface area contributed by atoms with Gasteiger partial charge in [0.1, 0.15) is 6.61 Å². The van der Waals surface area contributed by atoms with Crippen LogP contribution in [-0.2, 0) is 11.2 Å². The summed E-state index contributed by atoms with van der Waals surface area (Å²) in [5, 5.41) is 14.9. The fourth-order valence-electron chi connectivity index (χ4n) is 2.30. The van der Waals surface area contributed by atoms with Gasteiger partial charge in [-0.25, -0.2) is 5.43 Å². The lowest BCUT2D eigenvalue weighted by Gasteiger charge is -2.11. The van der Waals surface area contributed by atoms with E-state index < -0.39 is 10.8 Å². The van der Waals surface area contributed by atoms with Crippen molar-refractivity contribution in [3.63, 3.8) is 0 Å². The van der Waals surface area contributed by atoms with Crippen LogP contribution in [0.25, 0.3) is 0 Å². The van der Waals surface area contributed by atoms with Crippen molar-refractivity contribution in [3.05, 3.63) is 61.2 Å². The molecule has 8 nitrogen and oxygen atoms in total. The Morgan fingerprint density at radius 2 is 2.18 bits per heavy atom. The van der Waals surface area contributed by atoms with E-state index in [4.69, 9.17) is 15.9 Å². The highest BCUT2D eigenvalue weighted by Crippen LogP contribution is 2.33. The average molecular weight is 493 g/mol. The van der Waals surface area contributed by atoms with Crippen molar-refractivity contribution in [2.75, 3.05) is 13.7 Å². The number of carbonyl (C=O) groups is 1. The first-order valence-corrected chi connectivity index (χ1v) is 9.02. The maximum Gasteiger partial charge on any atom is 0.273 e. The number of terminal acetylenes is 1. The third kappa shape index (κ3) is 5.68. The predicted octanol–water partition coefficient (Wildman–Crippen LogP) is 2.91. The number of nitrogens with zero attached hydrogens (tertiary/aromatic N) is 2. The molecule has 28 heavy (non-hydrogen) atoms. The molecule has 1 N–H and O–H groups in total. The Balaban J connectivity index is 2.06. The highest BCUT2D eigenvalue weighted by Gasteiger charge is 2.15. The highest BCUT2D eigenvalue weighted by molar-refractivity contribution is 14.1. The summed E-state index contributed by atoms with van der Waals surface area (Å²) in [5.41, 5.74) is 3.23. The molecule has 0 spiro atoms. The minimum absolute atomic E-state index is 0.108. The molecular formula is C19H16IN3O5. The number of halogens is 1. The van der Waals surface area contributed by atoms with Gasteiger partial charge in [-0.05, 0) is 40.3 Å². The van der Waals surface area contributed by atoms with Gasteiger partial charge in [0, 0.05) is 11.6 Å². The van der Waals surface area contributed by atoms with Crippen LogP contribution in [0.1, 0.15) is 11.1 Å². The Hall–Kier alpha value is -3.13. The van der Waals surface area contributed by atoms with Crippen LogP contribution in [0, 0.1) is 26.0 Å². The number of nitro groups is 1. The van der Waals surface area contributed by atoms with Crippen LogP contribution < -0.4 is 14.9 Å². The van der Waals surface area contributed by atoms with E-state index in [1.165, 1.54) is 25.5 Å². The lowest BCUT2D eigenvalue weighted by atomic mass is 10.1. The lowest BCUT2D eigenvalue weighted by Crippen LogP contribution is -2.20. The third-order valence-electron chi connectivity index (χ3n) is 3.49. The van der Waals surface area contributed by atoms with E-state index >= 15 is 0 Å². The second-order valence-electron chi connectivity index (χ2n) is 5.38. The van der Waals surface area contributed by atoms with E-state index in [0.717, 1.165) is 3.57 Å². The molecule has 0 unspecified atom stereocenters. The lowest BCUT2D eigenvalue weighted by molar-refractivity contribution is -0.385. The minimum Gasteiger partial charge on any atom is -0.493 e. The first-order chi connectivity index (χ1) is 13.5. The van der Waals surface area contributed by atoms with Gasteiger partial charge < -0.3 is 9.47 Å². The number of nitrogens with one attached hydrogen (secondary N) is 1. The highest BCUT2D eigenvalue weighted by atomic mass is 127. The maximum absolute atomic E-state index is 12.0. The number of nitro benzene ring substituents is 1. The first-order valence-electron chi connectivity index (χ1n) is 7.94. The van der Waals surface area contributed by atoms with Crippen molar-refractivity contribution in [1.82, 2.24) is 5.43 Å². The Labute approximate surface area is 175 Å². The van der Waals surface area contributed by atoms with Crippen molar-refractivity contribution in [3.8, 4) is 23.8 Å². The molecule has 2 aromatic carbocycles. The molecule has 0 aromatic heterocycles. The van der Waals surface area contributed by atoms with Gasteiger partial charge >= 0.3 is 0 Å². The molecule has 9 heteroatoms. The fraction of sp³-hybridized carbons (Fsp3) is 0.158. The summed E-state index contributed by atoms with van der Waals surface area (Å²) in [4.78, 5) is 22.5. The molecule has 0 heterocycles. The summed E-state index contributed by atoms with van der Waals surface area (Å²) in [6.45, 7) is 0.113. The zero-order valence-electron chi connectivity index (χ0n) is 14.8. The SMILES string of the molecule is C#CCOc1c(I)cc(/C=N/NC(=O)Cc2ccccc2[N+](=O)[O-])cc1OC. The molecule has 1 amide bonds. The van der Waals surface area contributed by atoms with Crippen molar-refractivity contribution < 1.29 is 19.2 Å². The van der Waals surface area contributed by atoms with Gasteiger partial charge in [0.05, 0.1) is 28.2 Å². The van der Waals surface area contributed by atoms with Crippen molar-refractivity contribution >= 4 is 40.4 Å². The minimum atomic E-state index is -0.524. The number of hydrazone groups is 1. The van der Waals surface area contributed by atoms with Crippen LogP contribution in [0.3, 0.4) is 0 Å². The molecule has 0 saturated heterocycles. The quantitative estimate of drug-likeness (QED) is 0.200. The number of hydrogen-bond acceptors (Lipinski definition) is 6. The molecule has 0 fully saturated rings. The summed E-state index contributed by atoms with van der Waals surface area (Å²) < 4.78 is 11.5. The van der Waals surface area contributed by atoms with E-state index in [9.17, 15) is 14.9 Å². The number of amides is 1. The van der Waals surface area contributed by atoms with E-state index in [2.05, 4.69) is 39.0 Å². The van der Waals surface area contributed by atoms with Crippen LogP contribution in [-0.4, -0.2) is 30.8 Å². The smallest absolute Gasteiger partial charge is 0.273 e. The monoisotopic (exact) mass is 493 g/mol. The van der Waals surface area contributed by atoms with Gasteiger partial charge in [0.2, 0.25) is 5.91 Å². The number of hydrogen-bond donors (Lipinski definition) is 1. The number of ether oxygens (including phenoxy) is 2. The van der Waals surface area contributed by atoms with Crippen LogP contribution in [0.15, 0.2) is 41.5 Å². The molecule has 0 aliphatic rings. The maximum atomic E-state index is 12.0. The summed E-state index contributed by atoms with van der Waals surface area (Å²) in [6, 6.07) is 9.53. The topological polar surface area (TPSA) is 103 Å². The Kier molecular flexibility index (Phi) is 7.76. The van der Waals surface area contributed by atoms with Crippen molar-refractivity contribution in [2.45, 2.75) is 6.42 Å².